The van der Waals surface area contributed by atoms with Gasteiger partial charge in [-0.05, 0) is 43.2 Å². The van der Waals surface area contributed by atoms with Gasteiger partial charge in [0.05, 0.1) is 22.1 Å². The lowest BCUT2D eigenvalue weighted by molar-refractivity contribution is -0.150. The van der Waals surface area contributed by atoms with Crippen molar-refractivity contribution < 1.29 is 44.3 Å². The van der Waals surface area contributed by atoms with Crippen LogP contribution in [-0.4, -0.2) is 25.2 Å². The van der Waals surface area contributed by atoms with Crippen LogP contribution >= 0.6 is 0 Å². The highest BCUT2D eigenvalue weighted by Crippen LogP contribution is 2.41. The lowest BCUT2D eigenvalue weighted by Gasteiger charge is -2.33. The molecule has 0 fully saturated rings. The maximum atomic E-state index is 14.2. The summed E-state index contributed by atoms with van der Waals surface area (Å²) in [6.07, 6.45) is -12.5. The molecule has 0 aromatic heterocycles. The smallest absolute Gasteiger partial charge is 0.416 e. The molecule has 0 aliphatic rings. The third-order valence-electron chi connectivity index (χ3n) is 5.77. The number of alkyl halides is 6. The van der Waals surface area contributed by atoms with Crippen molar-refractivity contribution in [3.8, 4) is 0 Å². The summed E-state index contributed by atoms with van der Waals surface area (Å²) in [5.41, 5.74) is -2.99. The number of hydrogen-bond acceptors (Lipinski definition) is 4. The topological polar surface area (TPSA) is 60.4 Å². The summed E-state index contributed by atoms with van der Waals surface area (Å²) in [6, 6.07) is 15.6. The molecule has 3 aromatic carbocycles. The van der Waals surface area contributed by atoms with Crippen LogP contribution in [0.4, 0.5) is 26.3 Å². The normalized spacial score (nSPS) is 13.0. The maximum Gasteiger partial charge on any atom is 0.416 e. The predicted octanol–water partition coefficient (Wildman–Crippen LogP) is 6.67. The molecule has 3 aromatic rings. The average molecular weight is 559 g/mol. The second-order valence-corrected chi connectivity index (χ2v) is 11.3. The second-order valence-electron chi connectivity index (χ2n) is 9.02. The van der Waals surface area contributed by atoms with Crippen LogP contribution in [0.25, 0.3) is 0 Å². The van der Waals surface area contributed by atoms with E-state index >= 15 is 0 Å². The van der Waals surface area contributed by atoms with Gasteiger partial charge in [-0.1, -0.05) is 60.7 Å². The molecule has 11 heteroatoms. The lowest BCUT2D eigenvalue weighted by atomic mass is 9.91. The molecule has 0 spiro atoms. The molecule has 38 heavy (non-hydrogen) atoms. The fourth-order valence-corrected chi connectivity index (χ4v) is 5.98. The van der Waals surface area contributed by atoms with Crippen LogP contribution in [0.1, 0.15) is 36.1 Å². The summed E-state index contributed by atoms with van der Waals surface area (Å²) in [6.45, 7) is 2.90. The van der Waals surface area contributed by atoms with Crippen LogP contribution in [0.3, 0.4) is 0 Å². The minimum atomic E-state index is -5.29. The van der Waals surface area contributed by atoms with E-state index in [0.717, 1.165) is 0 Å². The summed E-state index contributed by atoms with van der Waals surface area (Å²) in [7, 11) is -5.24. The van der Waals surface area contributed by atoms with E-state index in [0.29, 0.717) is 11.1 Å². The number of benzene rings is 3. The van der Waals surface area contributed by atoms with Gasteiger partial charge in [0.1, 0.15) is 0 Å². The molecule has 0 saturated carbocycles. The predicted molar refractivity (Wildman–Crippen MR) is 128 cm³/mol. The third kappa shape index (κ3) is 6.38. The standard InChI is InChI=1S/C27H24F6O4S/c1-18(2)37-24(34)25(16-19-9-5-3-6-10-19,17-20-11-7-4-8-12-20)38(35,36)23-14-21(26(28,29)30)13-22(15-23)27(31,32)33/h3-15,18H,16-17H2,1-2H3. The molecule has 0 atom stereocenters. The molecule has 0 radical (unpaired) electrons. The molecular weight excluding hydrogens is 534 g/mol. The number of esters is 1. The Labute approximate surface area is 216 Å². The van der Waals surface area contributed by atoms with E-state index < -0.39 is 67.9 Å². The summed E-state index contributed by atoms with van der Waals surface area (Å²) in [4.78, 5) is 12.3. The first kappa shape index (κ1) is 29.2. The quantitative estimate of drug-likeness (QED) is 0.229. The number of halogens is 6. The molecule has 0 saturated heterocycles. The van der Waals surface area contributed by atoms with Crippen LogP contribution in [-0.2, 0) is 44.6 Å². The van der Waals surface area contributed by atoms with Crippen LogP contribution in [0, 0.1) is 0 Å². The van der Waals surface area contributed by atoms with Crippen molar-refractivity contribution in [2.75, 3.05) is 0 Å². The molecular formula is C27H24F6O4S. The molecule has 0 unspecified atom stereocenters. The molecule has 4 nitrogen and oxygen atoms in total. The molecule has 0 aliphatic carbocycles. The maximum absolute atomic E-state index is 14.2. The van der Waals surface area contributed by atoms with Crippen LogP contribution in [0.2, 0.25) is 0 Å². The van der Waals surface area contributed by atoms with Gasteiger partial charge in [0, 0.05) is 12.8 Å². The van der Waals surface area contributed by atoms with Crippen LogP contribution in [0.5, 0.6) is 0 Å². The van der Waals surface area contributed by atoms with E-state index in [1.54, 1.807) is 36.4 Å². The summed E-state index contributed by atoms with van der Waals surface area (Å²) >= 11 is 0. The first-order chi connectivity index (χ1) is 17.6. The van der Waals surface area contributed by atoms with Crippen LogP contribution in [0.15, 0.2) is 83.8 Å². The average Bonchev–Trinajstić information content (AvgIpc) is 2.83. The van der Waals surface area contributed by atoms with E-state index in [9.17, 15) is 39.6 Å². The second kappa shape index (κ2) is 10.8. The Balaban J connectivity index is 2.38. The molecule has 0 amide bonds. The van der Waals surface area contributed by atoms with Gasteiger partial charge in [-0.3, -0.25) is 4.79 Å². The highest BCUT2D eigenvalue weighted by Gasteiger charge is 2.54. The third-order valence-corrected chi connectivity index (χ3v) is 8.11. The van der Waals surface area contributed by atoms with E-state index in [1.165, 1.54) is 38.1 Å². The number of carbonyl (C=O) groups is 1. The molecule has 0 aliphatic heterocycles. The fraction of sp³-hybridized carbons (Fsp3) is 0.296. The minimum Gasteiger partial charge on any atom is -0.462 e. The van der Waals surface area contributed by atoms with E-state index in [4.69, 9.17) is 4.74 Å². The Kier molecular flexibility index (Phi) is 8.30. The summed E-state index contributed by atoms with van der Waals surface area (Å²) in [5, 5.41) is 0. The number of sulfone groups is 1. The molecule has 0 bridgehead atoms. The van der Waals surface area contributed by atoms with Crippen molar-refractivity contribution in [2.45, 2.75) is 54.8 Å². The Morgan fingerprint density at radius 2 is 1.13 bits per heavy atom. The number of ether oxygens (including phenoxy) is 1. The zero-order valence-electron chi connectivity index (χ0n) is 20.3. The highest BCUT2D eigenvalue weighted by molar-refractivity contribution is 7.93. The Morgan fingerprint density at radius 1 is 0.737 bits per heavy atom. The van der Waals surface area contributed by atoms with Crippen LogP contribution < -0.4 is 0 Å². The Hall–Kier alpha value is -3.34. The van der Waals surface area contributed by atoms with Gasteiger partial charge in [-0.15, -0.1) is 0 Å². The van der Waals surface area contributed by atoms with Crippen molar-refractivity contribution >= 4 is 15.8 Å². The van der Waals surface area contributed by atoms with Gasteiger partial charge < -0.3 is 4.74 Å². The van der Waals surface area contributed by atoms with Crippen molar-refractivity contribution in [3.05, 3.63) is 101 Å². The Morgan fingerprint density at radius 3 is 1.47 bits per heavy atom. The molecule has 3 rings (SSSR count). The van der Waals surface area contributed by atoms with Crippen molar-refractivity contribution in [1.29, 1.82) is 0 Å². The molecule has 0 heterocycles. The monoisotopic (exact) mass is 558 g/mol. The minimum absolute atomic E-state index is 0.123. The van der Waals surface area contributed by atoms with E-state index in [2.05, 4.69) is 0 Å². The SMILES string of the molecule is CC(C)OC(=O)C(Cc1ccccc1)(Cc1ccccc1)S(=O)(=O)c1cc(C(F)(F)F)cc(C(F)(F)F)c1. The Bertz CT molecular complexity index is 1290. The van der Waals surface area contributed by atoms with Gasteiger partial charge in [-0.25, -0.2) is 8.42 Å². The van der Waals surface area contributed by atoms with Gasteiger partial charge in [-0.2, -0.15) is 26.3 Å². The van der Waals surface area contributed by atoms with Crippen molar-refractivity contribution in [2.24, 2.45) is 0 Å². The van der Waals surface area contributed by atoms with Crippen molar-refractivity contribution in [3.63, 3.8) is 0 Å². The van der Waals surface area contributed by atoms with Crippen molar-refractivity contribution in [1.82, 2.24) is 0 Å². The van der Waals surface area contributed by atoms with E-state index in [-0.39, 0.29) is 18.2 Å². The summed E-state index contributed by atoms with van der Waals surface area (Å²) < 4.78 is 113. The van der Waals surface area contributed by atoms with Gasteiger partial charge in [0.25, 0.3) is 0 Å². The number of carbonyl (C=O) groups excluding carboxylic acids is 1. The highest BCUT2D eigenvalue weighted by atomic mass is 32.2. The van der Waals surface area contributed by atoms with Gasteiger partial charge in [0.15, 0.2) is 14.6 Å². The zero-order valence-corrected chi connectivity index (χ0v) is 21.1. The lowest BCUT2D eigenvalue weighted by Crippen LogP contribution is -2.52. The molecule has 0 N–H and O–H groups in total. The zero-order chi connectivity index (χ0) is 28.4. The molecule has 204 valence electrons. The summed E-state index contributed by atoms with van der Waals surface area (Å²) in [5.74, 6) is -1.29. The number of hydrogen-bond donors (Lipinski definition) is 0. The van der Waals surface area contributed by atoms with Gasteiger partial charge >= 0.3 is 18.3 Å². The largest absolute Gasteiger partial charge is 0.462 e. The number of rotatable bonds is 8. The van der Waals surface area contributed by atoms with E-state index in [1.807, 2.05) is 0 Å². The fourth-order valence-electron chi connectivity index (χ4n) is 3.99. The first-order valence-corrected chi connectivity index (χ1v) is 12.9. The van der Waals surface area contributed by atoms with Gasteiger partial charge in [0.2, 0.25) is 0 Å². The first-order valence-electron chi connectivity index (χ1n) is 11.4.